The van der Waals surface area contributed by atoms with E-state index in [1.165, 1.54) is 13.8 Å². The first-order valence-electron chi connectivity index (χ1n) is 32.9. The first-order chi connectivity index (χ1) is 58.1. The molecule has 0 bridgehead atoms. The molecule has 1 aliphatic carbocycles. The van der Waals surface area contributed by atoms with Gasteiger partial charge >= 0.3 is 166 Å². The van der Waals surface area contributed by atoms with Crippen LogP contribution in [-0.4, -0.2) is 400 Å². The van der Waals surface area contributed by atoms with Gasteiger partial charge in [0.25, 0.3) is 0 Å². The van der Waals surface area contributed by atoms with Crippen molar-refractivity contribution in [2.24, 2.45) is 17.8 Å². The zero-order valence-electron chi connectivity index (χ0n) is 62.8. The van der Waals surface area contributed by atoms with Crippen LogP contribution in [0.2, 0.25) is 0 Å². The molecule has 6 fully saturated rings. The lowest BCUT2D eigenvalue weighted by Crippen LogP contribution is -2.70. The molecule has 5 saturated heterocycles. The van der Waals surface area contributed by atoms with Crippen LogP contribution >= 0.6 is 0 Å². The fourth-order valence-corrected chi connectivity index (χ4v) is 19.8. The maximum absolute atomic E-state index is 13.5. The van der Waals surface area contributed by atoms with Crippen molar-refractivity contribution >= 4 is 166 Å². The van der Waals surface area contributed by atoms with Gasteiger partial charge < -0.3 is 47.4 Å². The van der Waals surface area contributed by atoms with Crippen molar-refractivity contribution in [2.75, 3.05) is 33.0 Å². The molecule has 130 heavy (non-hydrogen) atoms. The lowest BCUT2D eigenvalue weighted by molar-refractivity contribution is -0.386. The maximum atomic E-state index is 13.5. The fourth-order valence-electron chi connectivity index (χ4n) is 12.8. The van der Waals surface area contributed by atoms with Crippen LogP contribution in [0.5, 0.6) is 0 Å². The minimum Gasteiger partial charge on any atom is -0.346 e. The minimum absolute atomic E-state index is 0.123. The van der Waals surface area contributed by atoms with Gasteiger partial charge in [-0.1, -0.05) is 27.2 Å². The minimum atomic E-state index is -7.13. The Balaban J connectivity index is 1.82. The van der Waals surface area contributed by atoms with Crippen molar-refractivity contribution in [1.29, 1.82) is 0 Å². The summed E-state index contributed by atoms with van der Waals surface area (Å²) >= 11 is 0. The molecule has 770 valence electrons. The van der Waals surface area contributed by atoms with E-state index in [9.17, 15) is 208 Å². The van der Waals surface area contributed by atoms with Crippen molar-refractivity contribution < 1.29 is 322 Å². The molecule has 1 unspecified atom stereocenters. The molecule has 74 nitrogen and oxygen atoms in total. The molecule has 90 heteroatoms. The van der Waals surface area contributed by atoms with Gasteiger partial charge in [0.05, 0.1) is 39.1 Å². The highest BCUT2D eigenvalue weighted by molar-refractivity contribution is 7.84. The van der Waals surface area contributed by atoms with Gasteiger partial charge in [-0.2, -0.15) is 135 Å². The van der Waals surface area contributed by atoms with E-state index >= 15 is 0 Å². The highest BCUT2D eigenvalue weighted by atomic mass is 32.3. The summed E-state index contributed by atoms with van der Waals surface area (Å²) in [5, 5.41) is 0. The molecule has 0 spiro atoms. The van der Waals surface area contributed by atoms with Gasteiger partial charge in [-0.05, 0) is 30.6 Å². The molecule has 6 aliphatic rings. The van der Waals surface area contributed by atoms with E-state index in [2.05, 4.69) is 62.7 Å². The second kappa shape index (κ2) is 43.3. The summed E-state index contributed by atoms with van der Waals surface area (Å²) in [6, 6.07) is 0. The van der Waals surface area contributed by atoms with Crippen LogP contribution in [-0.2, 0) is 281 Å². The van der Waals surface area contributed by atoms with Crippen LogP contribution in [0.1, 0.15) is 40.0 Å². The molecule has 0 aromatic heterocycles. The highest BCUT2D eigenvalue weighted by Crippen LogP contribution is 2.45. The molecule has 0 amide bonds. The van der Waals surface area contributed by atoms with E-state index in [1.54, 1.807) is 6.92 Å². The van der Waals surface area contributed by atoms with Gasteiger partial charge in [-0.25, -0.2) is 66.9 Å². The van der Waals surface area contributed by atoms with E-state index in [0.29, 0.717) is 6.42 Å². The van der Waals surface area contributed by atoms with E-state index in [0.717, 1.165) is 0 Å². The Kier molecular flexibility index (Phi) is 38.7. The van der Waals surface area contributed by atoms with Gasteiger partial charge in [0.2, 0.25) is 0 Å². The Morgan fingerprint density at radius 2 is 0.385 bits per heavy atom. The first-order valence-corrected chi connectivity index (χ1v) is 54.8. The summed E-state index contributed by atoms with van der Waals surface area (Å²) in [5.74, 6) is -1.84. The highest BCUT2D eigenvalue weighted by Gasteiger charge is 2.65. The number of hydrogen-bond donors (Lipinski definition) is 16. The second-order valence-electron chi connectivity index (χ2n) is 26.6. The lowest BCUT2D eigenvalue weighted by Gasteiger charge is -2.51. The SMILES string of the molecule is CC(C)[C@@H]1CC[C@@H](C)C[C@H]1OC1O[C@H](COS(=O)(=O)O)[C@@H](OS(=O)(=O)O)[C@H](O[C@@H]2O[C@H](COS(=O)(=O)O)[C@@H](OS(=O)(=O)O)[C@H](O[C@@H]3O[C@H](COS(=O)(=O)O)[C@@H](OS(=O)(=O)O)[C@H](O[C@@H]4O[C@H](COS(=O)(=O)O)[C@@H](OS(=O)(=O)O)[C@H](O[C@@H]5O[C@H](COS(=O)(=O)O)[C@@H](OS(=O)(=O)O)[C@H](OS(=O)(=O)O)[C@H]5OS(=O)(=O)O)[C@H]4OS(=O)(=O)O)[C@H]3OS(=O)(=O)O)[C@H]2OS(=O)(=O)O)[C@H]1OS(=O)(=O)O. The molecule has 1 saturated carbocycles. The van der Waals surface area contributed by atoms with Crippen LogP contribution < -0.4 is 0 Å². The smallest absolute Gasteiger partial charge is 0.346 e. The molecule has 6 rings (SSSR count). The van der Waals surface area contributed by atoms with Crippen LogP contribution in [0.15, 0.2) is 0 Å². The zero-order valence-corrected chi connectivity index (χ0v) is 75.8. The Hall–Kier alpha value is -2.48. The molecule has 0 aromatic rings. The van der Waals surface area contributed by atoms with Gasteiger partial charge in [0, 0.05) is 0 Å². The van der Waals surface area contributed by atoms with E-state index < -0.39 is 377 Å². The van der Waals surface area contributed by atoms with Gasteiger partial charge in [-0.15, -0.1) is 0 Å². The average Bonchev–Trinajstić information content (AvgIpc) is 0.745. The summed E-state index contributed by atoms with van der Waals surface area (Å²) in [4.78, 5) is 0. The number of hydrogen-bond acceptors (Lipinski definition) is 58. The Morgan fingerprint density at radius 1 is 0.223 bits per heavy atom. The van der Waals surface area contributed by atoms with Crippen LogP contribution in [0.3, 0.4) is 0 Å². The fraction of sp³-hybridized carbons (Fsp3) is 1.00. The van der Waals surface area contributed by atoms with E-state index in [1.807, 2.05) is 0 Å². The van der Waals surface area contributed by atoms with Crippen molar-refractivity contribution in [3.05, 3.63) is 0 Å². The monoisotopic (exact) mass is 2250 g/mol. The second-order valence-corrected chi connectivity index (χ2v) is 43.5. The van der Waals surface area contributed by atoms with Gasteiger partial charge in [-0.3, -0.25) is 72.8 Å². The van der Waals surface area contributed by atoms with E-state index in [4.69, 9.17) is 51.6 Å². The third-order valence-electron chi connectivity index (χ3n) is 16.9. The standard InChI is InChI=1S/C40H70O74S16/c1-12(2)14-5-4-13(3)6-15(14)94-36-31(110-126(74,75)76)26(21(104-120(56,57)58)16(95-36)7-89-115(41,42)43)100-37-32(111-127(77,78)79)27(22(105-121(59,60)61)17(96-37)8-90-116(44,45)46)101-38-33(112-128(80,81)82)28(23(106-122(62,63)64)18(97-38)9-91-117(47,48)49)102-39-34(113-129(83,84)85)29(24(107-123(65,66)67)19(98-39)10-92-118(50,51)52)103-40-35(114-130(86,87)88)30(109-125(71,72)73)25(108-124(68,69)70)20(99-40)11-93-119(53,54)55/h12-40H,4-11H2,1-3H3,(H,41,42,43)(H,44,45,46)(H,47,48,49)(H,50,51,52)(H,53,54,55)(H,56,57,58)(H,59,60,61)(H,62,63,64)(H,65,66,67)(H,68,69,70)(H,71,72,73)(H,74,75,76)(H,77,78,79)(H,80,81,82)(H,83,84,85)(H,86,87,88)/t13-,14+,15-,16-,17-,18-,19-,20-,21-,22-,23-,24-,25-,26+,27+,28+,29+,30+,31-,32-,33-,34-,35-,36?,37+,38+,39+,40+/m1/s1. The summed E-state index contributed by atoms with van der Waals surface area (Å²) in [5.41, 5.74) is 0. The molecular formula is C40H70O74S16. The summed E-state index contributed by atoms with van der Waals surface area (Å²) in [7, 11) is -106. The topological polar surface area (TPSA) is 1110 Å². The predicted molar refractivity (Wildman–Crippen MR) is 377 cm³/mol. The maximum Gasteiger partial charge on any atom is 0.397 e. The molecular weight excluding hydrogens is 2180 g/mol. The normalized spacial score (nSPS) is 34.2. The van der Waals surface area contributed by atoms with Crippen molar-refractivity contribution in [3.63, 3.8) is 0 Å². The average molecular weight is 2250 g/mol. The molecule has 0 aromatic carbocycles. The first kappa shape index (κ1) is 116. The molecule has 16 N–H and O–H groups in total. The molecule has 0 radical (unpaired) electrons. The lowest BCUT2D eigenvalue weighted by atomic mass is 9.75. The summed E-state index contributed by atoms with van der Waals surface area (Å²) in [6.45, 7) is -7.39. The van der Waals surface area contributed by atoms with Gasteiger partial charge in [0.15, 0.2) is 62.0 Å². The third-order valence-corrected chi connectivity index (χ3v) is 24.1. The summed E-state index contributed by atoms with van der Waals surface area (Å²) < 4.78 is 694. The van der Waals surface area contributed by atoms with Crippen molar-refractivity contribution in [3.8, 4) is 0 Å². The van der Waals surface area contributed by atoms with Crippen LogP contribution in [0.25, 0.3) is 0 Å². The number of rotatable bonds is 48. The molecule has 5 aliphatic heterocycles. The van der Waals surface area contributed by atoms with Gasteiger partial charge in [0.1, 0.15) is 91.6 Å². The Labute approximate surface area is 733 Å². The van der Waals surface area contributed by atoms with Crippen molar-refractivity contribution in [1.82, 2.24) is 0 Å². The molecule has 28 atom stereocenters. The summed E-state index contributed by atoms with van der Waals surface area (Å²) in [6.07, 6.45) is -96.7. The predicted octanol–water partition coefficient (Wildman–Crippen LogP) is -11.2. The Bertz CT molecular complexity index is 5890. The van der Waals surface area contributed by atoms with Crippen molar-refractivity contribution in [2.45, 2.75) is 200 Å². The van der Waals surface area contributed by atoms with Crippen LogP contribution in [0, 0.1) is 17.8 Å². The quantitative estimate of drug-likeness (QED) is 0.0252. The van der Waals surface area contributed by atoms with Crippen LogP contribution in [0.4, 0.5) is 0 Å². The largest absolute Gasteiger partial charge is 0.397 e. The molecule has 5 heterocycles. The zero-order chi connectivity index (χ0) is 99.8. The third kappa shape index (κ3) is 40.4. The number of ether oxygens (including phenoxy) is 10. The van der Waals surface area contributed by atoms with E-state index in [-0.39, 0.29) is 12.8 Å². The Morgan fingerprint density at radius 3 is 0.562 bits per heavy atom.